The van der Waals surface area contributed by atoms with Crippen molar-refractivity contribution in [2.75, 3.05) is 26.4 Å². The Kier molecular flexibility index (Phi) is 6.17. The second-order valence-corrected chi connectivity index (χ2v) is 5.51. The molecule has 17 heavy (non-hydrogen) atoms. The summed E-state index contributed by atoms with van der Waals surface area (Å²) in [6.07, 6.45) is 7.34. The summed E-state index contributed by atoms with van der Waals surface area (Å²) in [6.45, 7) is 9.37. The van der Waals surface area contributed by atoms with E-state index in [9.17, 15) is 5.11 Å². The zero-order chi connectivity index (χ0) is 12.7. The van der Waals surface area contributed by atoms with E-state index in [2.05, 4.69) is 24.8 Å². The van der Waals surface area contributed by atoms with Gasteiger partial charge in [0, 0.05) is 25.1 Å². The van der Waals surface area contributed by atoms with Crippen LogP contribution in [0.15, 0.2) is 12.2 Å². The van der Waals surface area contributed by atoms with Crippen molar-refractivity contribution >= 4 is 0 Å². The smallest absolute Gasteiger partial charge is 0.0991 e. The van der Waals surface area contributed by atoms with Crippen LogP contribution in [0.1, 0.15) is 40.0 Å². The summed E-state index contributed by atoms with van der Waals surface area (Å²) in [5.74, 6) is 0. The van der Waals surface area contributed by atoms with E-state index in [-0.39, 0.29) is 11.5 Å². The normalized spacial score (nSPS) is 22.4. The second kappa shape index (κ2) is 7.14. The van der Waals surface area contributed by atoms with Crippen LogP contribution in [0, 0.1) is 5.41 Å². The number of rotatable bonds is 4. The molecule has 3 heteroatoms. The predicted octanol–water partition coefficient (Wildman–Crippen LogP) is 2.41. The van der Waals surface area contributed by atoms with Gasteiger partial charge in [0.15, 0.2) is 0 Å². The van der Waals surface area contributed by atoms with E-state index >= 15 is 0 Å². The maximum atomic E-state index is 10.3. The molecule has 1 atom stereocenters. The van der Waals surface area contributed by atoms with Crippen LogP contribution in [-0.2, 0) is 4.74 Å². The molecule has 1 aliphatic heterocycles. The van der Waals surface area contributed by atoms with Crippen molar-refractivity contribution in [3.8, 4) is 0 Å². The minimum absolute atomic E-state index is 0.170. The summed E-state index contributed by atoms with van der Waals surface area (Å²) in [6, 6.07) is 0. The Morgan fingerprint density at radius 1 is 1.35 bits per heavy atom. The Morgan fingerprint density at radius 2 is 2.12 bits per heavy atom. The van der Waals surface area contributed by atoms with Crippen molar-refractivity contribution < 1.29 is 9.84 Å². The quantitative estimate of drug-likeness (QED) is 0.767. The van der Waals surface area contributed by atoms with Gasteiger partial charge in [0.1, 0.15) is 0 Å². The molecule has 1 saturated heterocycles. The number of allylic oxidation sites excluding steroid dienone is 1. The van der Waals surface area contributed by atoms with Gasteiger partial charge in [-0.3, -0.25) is 4.90 Å². The maximum absolute atomic E-state index is 10.3. The third-order valence-corrected chi connectivity index (χ3v) is 3.42. The highest BCUT2D eigenvalue weighted by atomic mass is 16.5. The standard InChI is InChI=1S/C14H27NO2/c1-4-8-14(2,3)13(16)11-15-9-6-5-7-10-17-12-15/h4,8,13,16H,5-7,9-12H2,1-3H3. The molecule has 0 saturated carbocycles. The molecule has 0 spiro atoms. The molecule has 0 aromatic rings. The van der Waals surface area contributed by atoms with Crippen molar-refractivity contribution in [3.05, 3.63) is 12.2 Å². The lowest BCUT2D eigenvalue weighted by Gasteiger charge is -2.33. The third-order valence-electron chi connectivity index (χ3n) is 3.42. The fourth-order valence-electron chi connectivity index (χ4n) is 2.14. The predicted molar refractivity (Wildman–Crippen MR) is 70.8 cm³/mol. The first-order chi connectivity index (χ1) is 8.06. The number of aliphatic hydroxyl groups excluding tert-OH is 1. The average molecular weight is 241 g/mol. The molecule has 1 rings (SSSR count). The molecule has 0 aromatic carbocycles. The summed E-state index contributed by atoms with van der Waals surface area (Å²) < 4.78 is 5.56. The van der Waals surface area contributed by atoms with E-state index in [0.29, 0.717) is 13.3 Å². The largest absolute Gasteiger partial charge is 0.391 e. The number of hydrogen-bond acceptors (Lipinski definition) is 3. The Labute approximate surface area is 105 Å². The van der Waals surface area contributed by atoms with Gasteiger partial charge in [-0.2, -0.15) is 0 Å². The van der Waals surface area contributed by atoms with Gasteiger partial charge in [-0.1, -0.05) is 26.0 Å². The first kappa shape index (κ1) is 14.7. The molecular formula is C14H27NO2. The van der Waals surface area contributed by atoms with E-state index in [4.69, 9.17) is 4.74 Å². The summed E-state index contributed by atoms with van der Waals surface area (Å²) >= 11 is 0. The minimum atomic E-state index is -0.346. The van der Waals surface area contributed by atoms with Gasteiger partial charge in [-0.25, -0.2) is 0 Å². The summed E-state index contributed by atoms with van der Waals surface area (Å²) in [4.78, 5) is 2.22. The van der Waals surface area contributed by atoms with Gasteiger partial charge in [0.25, 0.3) is 0 Å². The highest BCUT2D eigenvalue weighted by Gasteiger charge is 2.26. The van der Waals surface area contributed by atoms with Crippen LogP contribution in [0.2, 0.25) is 0 Å². The minimum Gasteiger partial charge on any atom is -0.391 e. The Balaban J connectivity index is 2.45. The molecule has 0 radical (unpaired) electrons. The number of aliphatic hydroxyl groups is 1. The molecule has 1 N–H and O–H groups in total. The van der Waals surface area contributed by atoms with E-state index in [1.807, 2.05) is 13.0 Å². The fraction of sp³-hybridized carbons (Fsp3) is 0.857. The van der Waals surface area contributed by atoms with Crippen LogP contribution in [0.5, 0.6) is 0 Å². The van der Waals surface area contributed by atoms with Gasteiger partial charge in [-0.05, 0) is 26.2 Å². The van der Waals surface area contributed by atoms with Crippen LogP contribution in [0.25, 0.3) is 0 Å². The molecule has 1 heterocycles. The molecule has 0 amide bonds. The van der Waals surface area contributed by atoms with Crippen LogP contribution in [0.3, 0.4) is 0 Å². The van der Waals surface area contributed by atoms with Crippen molar-refractivity contribution in [1.82, 2.24) is 4.90 Å². The number of ether oxygens (including phenoxy) is 1. The molecule has 0 aromatic heterocycles. The summed E-state index contributed by atoms with van der Waals surface area (Å²) in [7, 11) is 0. The first-order valence-electron chi connectivity index (χ1n) is 6.68. The molecule has 1 unspecified atom stereocenters. The van der Waals surface area contributed by atoms with Crippen molar-refractivity contribution in [1.29, 1.82) is 0 Å². The fourth-order valence-corrected chi connectivity index (χ4v) is 2.14. The van der Waals surface area contributed by atoms with Crippen molar-refractivity contribution in [2.45, 2.75) is 46.1 Å². The molecular weight excluding hydrogens is 214 g/mol. The number of hydrogen-bond donors (Lipinski definition) is 1. The van der Waals surface area contributed by atoms with Gasteiger partial charge >= 0.3 is 0 Å². The first-order valence-corrected chi connectivity index (χ1v) is 6.68. The highest BCUT2D eigenvalue weighted by molar-refractivity contribution is 4.98. The van der Waals surface area contributed by atoms with Crippen LogP contribution >= 0.6 is 0 Å². The van der Waals surface area contributed by atoms with E-state index in [1.54, 1.807) is 0 Å². The highest BCUT2D eigenvalue weighted by Crippen LogP contribution is 2.23. The van der Waals surface area contributed by atoms with E-state index < -0.39 is 0 Å². The van der Waals surface area contributed by atoms with Gasteiger partial charge in [-0.15, -0.1) is 0 Å². The maximum Gasteiger partial charge on any atom is 0.0991 e. The van der Waals surface area contributed by atoms with Crippen LogP contribution in [-0.4, -0.2) is 42.5 Å². The molecule has 0 bridgehead atoms. The van der Waals surface area contributed by atoms with Crippen LogP contribution in [0.4, 0.5) is 0 Å². The number of β-amino-alcohol motifs (C(OH)–C–C–N with tert-alkyl or cyclic N) is 1. The molecule has 1 fully saturated rings. The summed E-state index contributed by atoms with van der Waals surface area (Å²) in [5, 5.41) is 10.3. The van der Waals surface area contributed by atoms with Gasteiger partial charge < -0.3 is 9.84 Å². The lowest BCUT2D eigenvalue weighted by molar-refractivity contribution is -0.0262. The molecule has 1 aliphatic rings. The summed E-state index contributed by atoms with van der Waals surface area (Å²) in [5.41, 5.74) is -0.170. The van der Waals surface area contributed by atoms with Crippen molar-refractivity contribution in [3.63, 3.8) is 0 Å². The molecule has 0 aliphatic carbocycles. The second-order valence-electron chi connectivity index (χ2n) is 5.51. The van der Waals surface area contributed by atoms with E-state index in [0.717, 1.165) is 13.2 Å². The van der Waals surface area contributed by atoms with Crippen molar-refractivity contribution in [2.24, 2.45) is 5.41 Å². The topological polar surface area (TPSA) is 32.7 Å². The number of nitrogens with zero attached hydrogens (tertiary/aromatic N) is 1. The monoisotopic (exact) mass is 241 g/mol. The Morgan fingerprint density at radius 3 is 2.82 bits per heavy atom. The van der Waals surface area contributed by atoms with Gasteiger partial charge in [0.05, 0.1) is 12.8 Å². The van der Waals surface area contributed by atoms with E-state index in [1.165, 1.54) is 19.3 Å². The SMILES string of the molecule is CC=CC(C)(C)C(O)CN1CCCCCOC1. The zero-order valence-electron chi connectivity index (χ0n) is 11.5. The third kappa shape index (κ3) is 5.19. The zero-order valence-corrected chi connectivity index (χ0v) is 11.5. The molecule has 100 valence electrons. The Hall–Kier alpha value is -0.380. The Bertz CT molecular complexity index is 230. The van der Waals surface area contributed by atoms with Gasteiger partial charge in [0.2, 0.25) is 0 Å². The lowest BCUT2D eigenvalue weighted by atomic mass is 9.86. The average Bonchev–Trinajstić information content (AvgIpc) is 2.21. The lowest BCUT2D eigenvalue weighted by Crippen LogP contribution is -2.42. The molecule has 3 nitrogen and oxygen atoms in total. The van der Waals surface area contributed by atoms with Crippen LogP contribution < -0.4 is 0 Å².